The molecule has 4 rings (SSSR count). The minimum Gasteiger partial charge on any atom is -0.389 e. The maximum atomic E-state index is 13.6. The van der Waals surface area contributed by atoms with E-state index >= 15 is 0 Å². The van der Waals surface area contributed by atoms with Gasteiger partial charge in [-0.2, -0.15) is 0 Å². The Morgan fingerprint density at radius 2 is 1.31 bits per heavy atom. The second kappa shape index (κ2) is 10.2. The lowest BCUT2D eigenvalue weighted by molar-refractivity contribution is -0.150. The zero-order chi connectivity index (χ0) is 25.2. The van der Waals surface area contributed by atoms with Crippen LogP contribution in [0.3, 0.4) is 0 Å². The van der Waals surface area contributed by atoms with Crippen LogP contribution in [0.5, 0.6) is 0 Å². The zero-order valence-corrected chi connectivity index (χ0v) is 20.4. The second-order valence-corrected chi connectivity index (χ2v) is 9.76. The van der Waals surface area contributed by atoms with Crippen LogP contribution in [0.2, 0.25) is 10.0 Å². The highest BCUT2D eigenvalue weighted by atomic mass is 35.5. The highest BCUT2D eigenvalue weighted by Gasteiger charge is 2.55. The molecule has 0 aliphatic heterocycles. The molecular formula is C27H24Cl2N2O4. The van der Waals surface area contributed by atoms with Crippen molar-refractivity contribution in [2.24, 2.45) is 11.8 Å². The van der Waals surface area contributed by atoms with Crippen LogP contribution in [0.4, 0.5) is 11.4 Å². The second-order valence-electron chi connectivity index (χ2n) is 8.88. The maximum absolute atomic E-state index is 13.6. The Labute approximate surface area is 213 Å². The summed E-state index contributed by atoms with van der Waals surface area (Å²) in [5.74, 6) is -4.65. The van der Waals surface area contributed by atoms with Gasteiger partial charge in [-0.3, -0.25) is 14.4 Å². The molecule has 0 bridgehead atoms. The van der Waals surface area contributed by atoms with E-state index in [0.717, 1.165) is 0 Å². The number of ketones is 1. The number of rotatable bonds is 5. The number of benzene rings is 3. The third-order valence-electron chi connectivity index (χ3n) is 6.24. The maximum Gasteiger partial charge on any atom is 0.235 e. The quantitative estimate of drug-likeness (QED) is 0.405. The van der Waals surface area contributed by atoms with Crippen molar-refractivity contribution in [1.82, 2.24) is 0 Å². The third kappa shape index (κ3) is 5.56. The van der Waals surface area contributed by atoms with Crippen molar-refractivity contribution < 1.29 is 19.5 Å². The number of nitrogens with one attached hydrogen (secondary N) is 2. The largest absolute Gasteiger partial charge is 0.389 e. The van der Waals surface area contributed by atoms with Crippen molar-refractivity contribution in [2.45, 2.75) is 24.9 Å². The molecule has 3 N–H and O–H groups in total. The van der Waals surface area contributed by atoms with Gasteiger partial charge in [0, 0.05) is 33.8 Å². The Balaban J connectivity index is 1.73. The van der Waals surface area contributed by atoms with Gasteiger partial charge < -0.3 is 15.7 Å². The fourth-order valence-corrected chi connectivity index (χ4v) is 4.93. The van der Waals surface area contributed by atoms with Crippen molar-refractivity contribution in [1.29, 1.82) is 0 Å². The highest BCUT2D eigenvalue weighted by molar-refractivity contribution is 6.31. The number of carbonyl (C=O) groups is 3. The van der Waals surface area contributed by atoms with Crippen LogP contribution in [0.25, 0.3) is 0 Å². The van der Waals surface area contributed by atoms with Gasteiger partial charge in [0.25, 0.3) is 0 Å². The molecule has 0 heterocycles. The molecule has 0 aromatic heterocycles. The standard InChI is InChI=1S/C27H24Cl2N2O4/c1-27(35)15-21(32)23(25(33)30-19-11-7-17(28)8-12-19)22(16-5-3-2-4-6-16)24(27)26(34)31-20-13-9-18(29)10-14-20/h2-14,22-24,35H,15H2,1H3,(H,30,33)(H,31,34)/t22-,23-,24+,27+/m0/s1. The number of carbonyl (C=O) groups excluding carboxylic acids is 3. The fraction of sp³-hybridized carbons (Fsp3) is 0.222. The fourth-order valence-electron chi connectivity index (χ4n) is 4.67. The first-order valence-electron chi connectivity index (χ1n) is 11.1. The van der Waals surface area contributed by atoms with Crippen molar-refractivity contribution >= 4 is 52.2 Å². The summed E-state index contributed by atoms with van der Waals surface area (Å²) < 4.78 is 0. The van der Waals surface area contributed by atoms with E-state index in [1.165, 1.54) is 6.92 Å². The summed E-state index contributed by atoms with van der Waals surface area (Å²) in [4.78, 5) is 40.2. The van der Waals surface area contributed by atoms with Gasteiger partial charge in [-0.25, -0.2) is 0 Å². The lowest BCUT2D eigenvalue weighted by Gasteiger charge is -2.44. The van der Waals surface area contributed by atoms with Gasteiger partial charge in [-0.05, 0) is 61.0 Å². The first-order valence-corrected chi connectivity index (χ1v) is 11.8. The Morgan fingerprint density at radius 3 is 1.83 bits per heavy atom. The minimum atomic E-state index is -1.68. The van der Waals surface area contributed by atoms with Crippen LogP contribution in [0, 0.1) is 11.8 Å². The van der Waals surface area contributed by atoms with Gasteiger partial charge in [-0.15, -0.1) is 0 Å². The predicted octanol–water partition coefficient (Wildman–Crippen LogP) is 5.31. The molecule has 1 aliphatic rings. The lowest BCUT2D eigenvalue weighted by Crippen LogP contribution is -2.56. The molecule has 3 aromatic carbocycles. The van der Waals surface area contributed by atoms with Gasteiger partial charge in [0.15, 0.2) is 0 Å². The summed E-state index contributed by atoms with van der Waals surface area (Å²) in [5, 5.41) is 17.9. The summed E-state index contributed by atoms with van der Waals surface area (Å²) in [6.45, 7) is 1.46. The summed E-state index contributed by atoms with van der Waals surface area (Å²) in [5.41, 5.74) is -0.113. The van der Waals surface area contributed by atoms with Gasteiger partial charge in [-0.1, -0.05) is 53.5 Å². The molecule has 3 aromatic rings. The summed E-state index contributed by atoms with van der Waals surface area (Å²) in [6, 6.07) is 21.9. The van der Waals surface area contributed by atoms with Crippen LogP contribution >= 0.6 is 23.2 Å². The van der Waals surface area contributed by atoms with Crippen molar-refractivity contribution in [3.05, 3.63) is 94.5 Å². The number of hydrogen-bond donors (Lipinski definition) is 3. The molecule has 8 heteroatoms. The minimum absolute atomic E-state index is 0.340. The average Bonchev–Trinajstić information content (AvgIpc) is 2.81. The third-order valence-corrected chi connectivity index (χ3v) is 6.74. The Bertz CT molecular complexity index is 1230. The summed E-state index contributed by atoms with van der Waals surface area (Å²) in [7, 11) is 0. The van der Waals surface area contributed by atoms with E-state index in [2.05, 4.69) is 10.6 Å². The molecule has 1 saturated carbocycles. The van der Waals surface area contributed by atoms with Crippen molar-refractivity contribution in [3.8, 4) is 0 Å². The van der Waals surface area contributed by atoms with E-state index in [1.54, 1.807) is 78.9 Å². The topological polar surface area (TPSA) is 95.5 Å². The number of amides is 2. The van der Waals surface area contributed by atoms with E-state index in [0.29, 0.717) is 27.0 Å². The number of aliphatic hydroxyl groups is 1. The predicted molar refractivity (Wildman–Crippen MR) is 137 cm³/mol. The molecular weight excluding hydrogens is 487 g/mol. The van der Waals surface area contributed by atoms with Gasteiger partial charge in [0.2, 0.25) is 11.8 Å². The normalized spacial score (nSPS) is 24.0. The molecule has 1 aliphatic carbocycles. The van der Waals surface area contributed by atoms with E-state index in [4.69, 9.17) is 23.2 Å². The van der Waals surface area contributed by atoms with Crippen LogP contribution in [0.1, 0.15) is 24.8 Å². The van der Waals surface area contributed by atoms with Crippen LogP contribution in [-0.2, 0) is 14.4 Å². The molecule has 1 fully saturated rings. The van der Waals surface area contributed by atoms with E-state index in [1.807, 2.05) is 0 Å². The highest BCUT2D eigenvalue weighted by Crippen LogP contribution is 2.46. The number of hydrogen-bond acceptors (Lipinski definition) is 4. The van der Waals surface area contributed by atoms with Crippen LogP contribution in [-0.4, -0.2) is 28.3 Å². The van der Waals surface area contributed by atoms with Gasteiger partial charge in [0.1, 0.15) is 11.7 Å². The Kier molecular flexibility index (Phi) is 7.26. The first-order chi connectivity index (χ1) is 16.7. The van der Waals surface area contributed by atoms with Gasteiger partial charge in [0.05, 0.1) is 11.5 Å². The number of Topliss-reactive ketones (excluding diaryl/α,β-unsaturated/α-hetero) is 1. The van der Waals surface area contributed by atoms with Crippen LogP contribution in [0.15, 0.2) is 78.9 Å². The van der Waals surface area contributed by atoms with E-state index in [9.17, 15) is 19.5 Å². The molecule has 0 saturated heterocycles. The average molecular weight is 511 g/mol. The molecule has 0 unspecified atom stereocenters. The molecule has 2 amide bonds. The lowest BCUT2D eigenvalue weighted by atomic mass is 9.61. The SMILES string of the molecule is C[C@@]1(O)CC(=O)[C@H](C(=O)Nc2ccc(Cl)cc2)[C@H](c2ccccc2)[C@@H]1C(=O)Nc1ccc(Cl)cc1. The summed E-state index contributed by atoms with van der Waals surface area (Å²) >= 11 is 11.9. The van der Waals surface area contributed by atoms with E-state index < -0.39 is 41.0 Å². The Hall–Kier alpha value is -3.19. The molecule has 180 valence electrons. The number of anilines is 2. The number of halogens is 2. The first kappa shape index (κ1) is 24.9. The molecule has 4 atom stereocenters. The van der Waals surface area contributed by atoms with Crippen LogP contribution < -0.4 is 10.6 Å². The Morgan fingerprint density at radius 1 is 0.829 bits per heavy atom. The molecule has 6 nitrogen and oxygen atoms in total. The van der Waals surface area contributed by atoms with Crippen molar-refractivity contribution in [2.75, 3.05) is 10.6 Å². The smallest absolute Gasteiger partial charge is 0.235 e. The van der Waals surface area contributed by atoms with Gasteiger partial charge >= 0.3 is 0 Å². The monoisotopic (exact) mass is 510 g/mol. The van der Waals surface area contributed by atoms with E-state index in [-0.39, 0.29) is 6.42 Å². The molecule has 35 heavy (non-hydrogen) atoms. The summed E-state index contributed by atoms with van der Waals surface area (Å²) in [6.07, 6.45) is -0.340. The molecule has 0 radical (unpaired) electrons. The molecule has 0 spiro atoms. The van der Waals surface area contributed by atoms with Crippen molar-refractivity contribution in [3.63, 3.8) is 0 Å². The zero-order valence-electron chi connectivity index (χ0n) is 18.9.